The maximum atomic E-state index is 15.2. The number of rotatable bonds is 6. The highest BCUT2D eigenvalue weighted by molar-refractivity contribution is 5.72. The Hall–Kier alpha value is -1.46. The minimum absolute atomic E-state index is 0.267. The van der Waals surface area contributed by atoms with Gasteiger partial charge in [-0.05, 0) is 50.5 Å². The molecule has 4 atom stereocenters. The fraction of sp³-hybridized carbons (Fsp3) is 0.682. The Labute approximate surface area is 161 Å². The van der Waals surface area contributed by atoms with E-state index >= 15 is 4.39 Å². The summed E-state index contributed by atoms with van der Waals surface area (Å²) < 4.78 is 20.0. The number of nitrogens with zero attached hydrogens (tertiary/aromatic N) is 1. The van der Waals surface area contributed by atoms with E-state index in [1.54, 1.807) is 0 Å². The minimum Gasteiger partial charge on any atom is -0.469 e. The molecule has 3 fully saturated rings. The highest BCUT2D eigenvalue weighted by Crippen LogP contribution is 2.41. The fourth-order valence-electron chi connectivity index (χ4n) is 4.95. The van der Waals surface area contributed by atoms with E-state index in [0.717, 1.165) is 25.4 Å². The van der Waals surface area contributed by atoms with Gasteiger partial charge in [-0.2, -0.15) is 0 Å². The molecule has 1 N–H and O–H groups in total. The van der Waals surface area contributed by atoms with Gasteiger partial charge in [0.05, 0.1) is 13.0 Å². The van der Waals surface area contributed by atoms with Gasteiger partial charge in [0.25, 0.3) is 0 Å². The van der Waals surface area contributed by atoms with Gasteiger partial charge in [0.1, 0.15) is 5.67 Å². The van der Waals surface area contributed by atoms with E-state index < -0.39 is 5.67 Å². The van der Waals surface area contributed by atoms with Crippen LogP contribution in [0.15, 0.2) is 30.3 Å². The maximum Gasteiger partial charge on any atom is 0.308 e. The summed E-state index contributed by atoms with van der Waals surface area (Å²) in [6, 6.07) is 12.2. The van der Waals surface area contributed by atoms with Crippen molar-refractivity contribution in [1.82, 2.24) is 10.2 Å². The van der Waals surface area contributed by atoms with Crippen molar-refractivity contribution in [2.45, 2.75) is 68.7 Å². The molecule has 27 heavy (non-hydrogen) atoms. The first-order valence-corrected chi connectivity index (χ1v) is 10.4. The lowest BCUT2D eigenvalue weighted by atomic mass is 9.91. The summed E-state index contributed by atoms with van der Waals surface area (Å²) in [6.45, 7) is 1.42. The number of nitrogens with one attached hydrogen (secondary N) is 1. The molecule has 4 rings (SSSR count). The van der Waals surface area contributed by atoms with Crippen LogP contribution in [0, 0.1) is 5.92 Å². The smallest absolute Gasteiger partial charge is 0.308 e. The van der Waals surface area contributed by atoms with Gasteiger partial charge in [0, 0.05) is 31.2 Å². The van der Waals surface area contributed by atoms with Crippen molar-refractivity contribution in [2.24, 2.45) is 5.92 Å². The lowest BCUT2D eigenvalue weighted by Gasteiger charge is -2.41. The van der Waals surface area contributed by atoms with Crippen LogP contribution in [0.3, 0.4) is 0 Å². The van der Waals surface area contributed by atoms with Crippen LogP contribution < -0.4 is 5.32 Å². The van der Waals surface area contributed by atoms with Gasteiger partial charge in [-0.25, -0.2) is 4.39 Å². The van der Waals surface area contributed by atoms with Crippen LogP contribution >= 0.6 is 0 Å². The molecule has 0 amide bonds. The largest absolute Gasteiger partial charge is 0.469 e. The Bertz CT molecular complexity index is 651. The SMILES string of the molecule is COC(=O)[C@@H]1CC[C@@](F)(CNC2CCN(C3CC3)C(c3ccccc3)C2)C1. The normalized spacial score (nSPS) is 34.5. The van der Waals surface area contributed by atoms with Crippen molar-refractivity contribution in [3.63, 3.8) is 0 Å². The highest BCUT2D eigenvalue weighted by atomic mass is 19.1. The van der Waals surface area contributed by atoms with E-state index in [1.165, 1.54) is 25.5 Å². The van der Waals surface area contributed by atoms with Crippen LogP contribution in [0.2, 0.25) is 0 Å². The van der Waals surface area contributed by atoms with Gasteiger partial charge in [-0.15, -0.1) is 0 Å². The fourth-order valence-corrected chi connectivity index (χ4v) is 4.95. The third kappa shape index (κ3) is 4.35. The van der Waals surface area contributed by atoms with Crippen molar-refractivity contribution >= 4 is 5.97 Å². The molecule has 0 bridgehead atoms. The molecule has 2 aliphatic carbocycles. The molecule has 2 saturated carbocycles. The van der Waals surface area contributed by atoms with Crippen molar-refractivity contribution in [2.75, 3.05) is 20.2 Å². The van der Waals surface area contributed by atoms with Crippen molar-refractivity contribution < 1.29 is 13.9 Å². The van der Waals surface area contributed by atoms with E-state index in [-0.39, 0.29) is 18.3 Å². The first-order chi connectivity index (χ1) is 13.1. The van der Waals surface area contributed by atoms with E-state index in [9.17, 15) is 4.79 Å². The number of alkyl halides is 1. The molecule has 1 aromatic rings. The van der Waals surface area contributed by atoms with Crippen molar-refractivity contribution in [3.05, 3.63) is 35.9 Å². The second-order valence-electron chi connectivity index (χ2n) is 8.61. The number of methoxy groups -OCH3 is 1. The molecule has 5 heteroatoms. The number of esters is 1. The number of carbonyl (C=O) groups is 1. The van der Waals surface area contributed by atoms with E-state index in [0.29, 0.717) is 31.5 Å². The first-order valence-electron chi connectivity index (χ1n) is 10.4. The Morgan fingerprint density at radius 3 is 2.74 bits per heavy atom. The number of piperidine rings is 1. The monoisotopic (exact) mass is 374 g/mol. The van der Waals surface area contributed by atoms with Gasteiger partial charge in [0.15, 0.2) is 0 Å². The molecule has 0 aromatic heterocycles. The van der Waals surface area contributed by atoms with Gasteiger partial charge in [-0.3, -0.25) is 9.69 Å². The molecule has 3 aliphatic rings. The summed E-state index contributed by atoms with van der Waals surface area (Å²) in [7, 11) is 1.39. The molecule has 0 radical (unpaired) electrons. The standard InChI is InChI=1S/C22H31FN2O2/c1-27-21(26)17-9-11-22(23,14-17)15-24-18-10-12-25(19-7-8-19)20(13-18)16-5-3-2-4-6-16/h2-6,17-20,24H,7-15H2,1H3/t17-,18?,20?,22+/m1/s1. The van der Waals surface area contributed by atoms with Crippen LogP contribution in [-0.4, -0.2) is 48.8 Å². The number of benzene rings is 1. The minimum atomic E-state index is -1.28. The summed E-state index contributed by atoms with van der Waals surface area (Å²) in [4.78, 5) is 14.4. The molecular formula is C22H31FN2O2. The third-order valence-electron chi connectivity index (χ3n) is 6.64. The Morgan fingerprint density at radius 2 is 2.04 bits per heavy atom. The number of halogens is 1. The molecule has 2 unspecified atom stereocenters. The lowest BCUT2D eigenvalue weighted by Crippen LogP contribution is -2.48. The van der Waals surface area contributed by atoms with Gasteiger partial charge in [0.2, 0.25) is 0 Å². The zero-order valence-corrected chi connectivity index (χ0v) is 16.2. The Kier molecular flexibility index (Phi) is 5.51. The number of hydrogen-bond acceptors (Lipinski definition) is 4. The lowest BCUT2D eigenvalue weighted by molar-refractivity contribution is -0.145. The van der Waals surface area contributed by atoms with Gasteiger partial charge < -0.3 is 10.1 Å². The molecule has 1 aromatic carbocycles. The molecule has 4 nitrogen and oxygen atoms in total. The summed E-state index contributed by atoms with van der Waals surface area (Å²) in [5.74, 6) is -0.549. The number of hydrogen-bond donors (Lipinski definition) is 1. The van der Waals surface area contributed by atoms with Crippen LogP contribution in [-0.2, 0) is 9.53 Å². The topological polar surface area (TPSA) is 41.6 Å². The number of likely N-dealkylation sites (tertiary alicyclic amines) is 1. The van der Waals surface area contributed by atoms with E-state index in [1.807, 2.05) is 0 Å². The summed E-state index contributed by atoms with van der Waals surface area (Å²) >= 11 is 0. The van der Waals surface area contributed by atoms with Crippen LogP contribution in [0.5, 0.6) is 0 Å². The number of ether oxygens (including phenoxy) is 1. The Balaban J connectivity index is 1.35. The van der Waals surface area contributed by atoms with Gasteiger partial charge in [-0.1, -0.05) is 30.3 Å². The zero-order valence-electron chi connectivity index (χ0n) is 16.2. The second-order valence-corrected chi connectivity index (χ2v) is 8.61. The predicted octanol–water partition coefficient (Wildman–Crippen LogP) is 3.63. The molecule has 1 heterocycles. The molecule has 0 spiro atoms. The summed E-state index contributed by atoms with van der Waals surface area (Å²) in [5.41, 5.74) is 0.0897. The van der Waals surface area contributed by atoms with E-state index in [2.05, 4.69) is 40.5 Å². The quantitative estimate of drug-likeness (QED) is 0.772. The van der Waals surface area contributed by atoms with Crippen LogP contribution in [0.4, 0.5) is 4.39 Å². The molecule has 148 valence electrons. The van der Waals surface area contributed by atoms with Crippen molar-refractivity contribution in [1.29, 1.82) is 0 Å². The van der Waals surface area contributed by atoms with Crippen LogP contribution in [0.25, 0.3) is 0 Å². The van der Waals surface area contributed by atoms with E-state index in [4.69, 9.17) is 4.74 Å². The molecule has 1 aliphatic heterocycles. The predicted molar refractivity (Wildman–Crippen MR) is 103 cm³/mol. The number of carbonyl (C=O) groups excluding carboxylic acids is 1. The average Bonchev–Trinajstić information content (AvgIpc) is 3.48. The highest BCUT2D eigenvalue weighted by Gasteiger charge is 2.44. The molecule has 1 saturated heterocycles. The molecular weight excluding hydrogens is 343 g/mol. The van der Waals surface area contributed by atoms with Gasteiger partial charge >= 0.3 is 5.97 Å². The third-order valence-corrected chi connectivity index (χ3v) is 6.64. The summed E-state index contributed by atoms with van der Waals surface area (Å²) in [5, 5.41) is 3.51. The maximum absolute atomic E-state index is 15.2. The Morgan fingerprint density at radius 1 is 1.26 bits per heavy atom. The van der Waals surface area contributed by atoms with Crippen LogP contribution in [0.1, 0.15) is 56.6 Å². The second kappa shape index (κ2) is 7.88. The zero-order chi connectivity index (χ0) is 18.9. The summed E-state index contributed by atoms with van der Waals surface area (Å²) in [6.07, 6.45) is 6.04. The average molecular weight is 375 g/mol. The van der Waals surface area contributed by atoms with Crippen molar-refractivity contribution in [3.8, 4) is 0 Å². The first kappa shape index (κ1) is 18.9.